The smallest absolute Gasteiger partial charge is 0.119 e. The number of benzene rings is 1. The van der Waals surface area contributed by atoms with Crippen molar-refractivity contribution in [3.05, 3.63) is 29.8 Å². The molecule has 0 aliphatic heterocycles. The Hall–Kier alpha value is -1.02. The third-order valence-electron chi connectivity index (χ3n) is 3.44. The number of ether oxygens (including phenoxy) is 1. The molecule has 2 N–H and O–H groups in total. The summed E-state index contributed by atoms with van der Waals surface area (Å²) in [5.74, 6) is 1.62. The van der Waals surface area contributed by atoms with Crippen molar-refractivity contribution in [1.29, 1.82) is 0 Å². The van der Waals surface area contributed by atoms with Gasteiger partial charge in [-0.05, 0) is 50.8 Å². The molecule has 0 amide bonds. The molecule has 1 atom stereocenters. The largest absolute Gasteiger partial charge is 0.493 e. The highest BCUT2D eigenvalue weighted by Gasteiger charge is 2.11. The molecular formula is C17H30NO+. The van der Waals surface area contributed by atoms with Gasteiger partial charge in [0.25, 0.3) is 0 Å². The lowest BCUT2D eigenvalue weighted by Gasteiger charge is -2.16. The number of quaternary nitrogens is 1. The fraction of sp³-hybridized carbons (Fsp3) is 0.647. The lowest BCUT2D eigenvalue weighted by molar-refractivity contribution is -0.717. The van der Waals surface area contributed by atoms with Gasteiger partial charge in [0.2, 0.25) is 0 Å². The summed E-state index contributed by atoms with van der Waals surface area (Å²) < 4.78 is 5.77. The van der Waals surface area contributed by atoms with Gasteiger partial charge in [-0.3, -0.25) is 0 Å². The minimum atomic E-state index is 0.317. The highest BCUT2D eigenvalue weighted by Crippen LogP contribution is 2.21. The van der Waals surface area contributed by atoms with Gasteiger partial charge >= 0.3 is 0 Å². The van der Waals surface area contributed by atoms with Crippen molar-refractivity contribution >= 4 is 0 Å². The molecule has 0 saturated heterocycles. The summed E-state index contributed by atoms with van der Waals surface area (Å²) in [6.45, 7) is 13.1. The van der Waals surface area contributed by atoms with Crippen molar-refractivity contribution in [2.24, 2.45) is 0 Å². The number of nitrogens with two attached hydrogens (primary N) is 1. The Kier molecular flexibility index (Phi) is 6.36. The average Bonchev–Trinajstić information content (AvgIpc) is 2.37. The quantitative estimate of drug-likeness (QED) is 0.751. The third kappa shape index (κ3) is 6.63. The SMILES string of the molecule is CC[C@H](C)c1ccc(OCCC[NH2+]C(C)(C)C)cc1. The first-order chi connectivity index (χ1) is 8.92. The first-order valence-electron chi connectivity index (χ1n) is 7.49. The summed E-state index contributed by atoms with van der Waals surface area (Å²) in [6.07, 6.45) is 2.27. The van der Waals surface area contributed by atoms with E-state index in [9.17, 15) is 0 Å². The molecule has 0 aliphatic carbocycles. The molecule has 1 aromatic carbocycles. The molecule has 2 heteroatoms. The molecule has 0 fully saturated rings. The van der Waals surface area contributed by atoms with Crippen LogP contribution in [0.5, 0.6) is 5.75 Å². The highest BCUT2D eigenvalue weighted by atomic mass is 16.5. The molecule has 0 radical (unpaired) electrons. The van der Waals surface area contributed by atoms with Crippen LogP contribution in [0.4, 0.5) is 0 Å². The maximum atomic E-state index is 5.77. The minimum Gasteiger partial charge on any atom is -0.493 e. The third-order valence-corrected chi connectivity index (χ3v) is 3.44. The van der Waals surface area contributed by atoms with E-state index >= 15 is 0 Å². The topological polar surface area (TPSA) is 25.8 Å². The Bertz CT molecular complexity index is 351. The molecule has 0 unspecified atom stereocenters. The molecular weight excluding hydrogens is 234 g/mol. The molecule has 0 bridgehead atoms. The maximum absolute atomic E-state index is 5.77. The van der Waals surface area contributed by atoms with Crippen molar-refractivity contribution in [1.82, 2.24) is 0 Å². The highest BCUT2D eigenvalue weighted by molar-refractivity contribution is 5.29. The Balaban J connectivity index is 2.27. The van der Waals surface area contributed by atoms with Crippen molar-refractivity contribution in [2.75, 3.05) is 13.2 Å². The number of rotatable bonds is 7. The fourth-order valence-electron chi connectivity index (χ4n) is 1.94. The summed E-state index contributed by atoms with van der Waals surface area (Å²) >= 11 is 0. The van der Waals surface area contributed by atoms with Crippen molar-refractivity contribution in [3.8, 4) is 5.75 Å². The van der Waals surface area contributed by atoms with Gasteiger partial charge in [-0.25, -0.2) is 0 Å². The van der Waals surface area contributed by atoms with Gasteiger partial charge in [0.1, 0.15) is 5.75 Å². The lowest BCUT2D eigenvalue weighted by Crippen LogP contribution is -2.94. The molecule has 0 heterocycles. The van der Waals surface area contributed by atoms with Crippen LogP contribution in [0.3, 0.4) is 0 Å². The first kappa shape index (κ1) is 16.0. The predicted molar refractivity (Wildman–Crippen MR) is 81.8 cm³/mol. The van der Waals surface area contributed by atoms with E-state index in [1.807, 2.05) is 0 Å². The van der Waals surface area contributed by atoms with Gasteiger partial charge in [0, 0.05) is 6.42 Å². The molecule has 2 nitrogen and oxygen atoms in total. The van der Waals surface area contributed by atoms with E-state index in [1.54, 1.807) is 0 Å². The van der Waals surface area contributed by atoms with Gasteiger partial charge in [-0.2, -0.15) is 0 Å². The van der Waals surface area contributed by atoms with E-state index in [4.69, 9.17) is 4.74 Å². The number of hydrogen-bond donors (Lipinski definition) is 1. The van der Waals surface area contributed by atoms with E-state index in [0.717, 1.165) is 25.3 Å². The lowest BCUT2D eigenvalue weighted by atomic mass is 9.99. The molecule has 1 aromatic rings. The molecule has 1 rings (SSSR count). The van der Waals surface area contributed by atoms with Crippen LogP contribution in [0, 0.1) is 0 Å². The van der Waals surface area contributed by atoms with Crippen molar-refractivity contribution < 1.29 is 10.1 Å². The van der Waals surface area contributed by atoms with E-state index in [0.29, 0.717) is 11.5 Å². The van der Waals surface area contributed by atoms with Gasteiger partial charge < -0.3 is 10.1 Å². The van der Waals surface area contributed by atoms with Crippen molar-refractivity contribution in [3.63, 3.8) is 0 Å². The van der Waals surface area contributed by atoms with Gasteiger partial charge in [-0.1, -0.05) is 26.0 Å². The van der Waals surface area contributed by atoms with Crippen LogP contribution in [-0.2, 0) is 0 Å². The van der Waals surface area contributed by atoms with E-state index in [1.165, 1.54) is 12.0 Å². The van der Waals surface area contributed by atoms with Crippen LogP contribution in [0.15, 0.2) is 24.3 Å². The summed E-state index contributed by atoms with van der Waals surface area (Å²) in [4.78, 5) is 0. The van der Waals surface area contributed by atoms with E-state index in [-0.39, 0.29) is 0 Å². The minimum absolute atomic E-state index is 0.317. The van der Waals surface area contributed by atoms with Crippen LogP contribution in [0.1, 0.15) is 58.9 Å². The monoisotopic (exact) mass is 264 g/mol. The summed E-state index contributed by atoms with van der Waals surface area (Å²) in [6, 6.07) is 8.56. The van der Waals surface area contributed by atoms with Crippen molar-refractivity contribution in [2.45, 2.75) is 58.9 Å². The summed E-state index contributed by atoms with van der Waals surface area (Å²) in [5, 5.41) is 2.36. The van der Waals surface area contributed by atoms with E-state index < -0.39 is 0 Å². The zero-order valence-corrected chi connectivity index (χ0v) is 13.2. The zero-order chi connectivity index (χ0) is 14.3. The van der Waals surface area contributed by atoms with Gasteiger partial charge in [0.05, 0.1) is 18.7 Å². The Morgan fingerprint density at radius 2 is 1.79 bits per heavy atom. The normalized spacial score (nSPS) is 13.3. The van der Waals surface area contributed by atoms with Crippen LogP contribution in [-0.4, -0.2) is 18.7 Å². The van der Waals surface area contributed by atoms with Crippen LogP contribution < -0.4 is 10.1 Å². The number of hydrogen-bond acceptors (Lipinski definition) is 1. The zero-order valence-electron chi connectivity index (χ0n) is 13.2. The molecule has 19 heavy (non-hydrogen) atoms. The molecule has 0 spiro atoms. The van der Waals surface area contributed by atoms with Crippen LogP contribution in [0.2, 0.25) is 0 Å². The molecule has 0 aliphatic rings. The second kappa shape index (κ2) is 7.54. The second-order valence-corrected chi connectivity index (χ2v) is 6.44. The molecule has 0 aromatic heterocycles. The first-order valence-corrected chi connectivity index (χ1v) is 7.49. The molecule has 0 saturated carbocycles. The maximum Gasteiger partial charge on any atom is 0.119 e. The van der Waals surface area contributed by atoms with Crippen LogP contribution in [0.25, 0.3) is 0 Å². The standard InChI is InChI=1S/C17H29NO/c1-6-14(2)15-8-10-16(11-9-15)19-13-7-12-18-17(3,4)5/h8-11,14,18H,6-7,12-13H2,1-5H3/p+1/t14-/m0/s1. The fourth-order valence-corrected chi connectivity index (χ4v) is 1.94. The van der Waals surface area contributed by atoms with Gasteiger partial charge in [-0.15, -0.1) is 0 Å². The Morgan fingerprint density at radius 3 is 2.32 bits per heavy atom. The van der Waals surface area contributed by atoms with Gasteiger partial charge in [0.15, 0.2) is 0 Å². The second-order valence-electron chi connectivity index (χ2n) is 6.44. The predicted octanol–water partition coefficient (Wildman–Crippen LogP) is 3.33. The Labute approximate surface area is 118 Å². The summed E-state index contributed by atoms with van der Waals surface area (Å²) in [5.41, 5.74) is 1.72. The van der Waals surface area contributed by atoms with Crippen LogP contribution >= 0.6 is 0 Å². The Morgan fingerprint density at radius 1 is 1.16 bits per heavy atom. The summed E-state index contributed by atoms with van der Waals surface area (Å²) in [7, 11) is 0. The molecule has 108 valence electrons. The average molecular weight is 264 g/mol. The van der Waals surface area contributed by atoms with E-state index in [2.05, 4.69) is 64.2 Å².